The number of ether oxygens (including phenoxy) is 10. The minimum atomic E-state index is -0.597. The van der Waals surface area contributed by atoms with Gasteiger partial charge in [0.05, 0.1) is 32.5 Å². The van der Waals surface area contributed by atoms with Crippen molar-refractivity contribution in [2.24, 2.45) is 0 Å². The Hall–Kier alpha value is -4.86. The molecule has 2 N–H and O–H groups in total. The molecule has 54 heavy (non-hydrogen) atoms. The first kappa shape index (κ1) is 43.5. The predicted molar refractivity (Wildman–Crippen MR) is 172 cm³/mol. The van der Waals surface area contributed by atoms with Crippen LogP contribution in [0.1, 0.15) is 38.5 Å². The number of hydrogen-bond donors (Lipinski definition) is 2. The first-order valence-corrected chi connectivity index (χ1v) is 16.8. The molecule has 2 unspecified atom stereocenters. The van der Waals surface area contributed by atoms with E-state index in [4.69, 9.17) is 33.9 Å². The summed E-state index contributed by atoms with van der Waals surface area (Å²) in [5.41, 5.74) is 0. The van der Waals surface area contributed by atoms with E-state index < -0.39 is 24.8 Å². The van der Waals surface area contributed by atoms with Crippen molar-refractivity contribution in [3.63, 3.8) is 0 Å². The molecule has 298 valence electrons. The van der Waals surface area contributed by atoms with Crippen LogP contribution in [-0.4, -0.2) is 147 Å². The van der Waals surface area contributed by atoms with Crippen LogP contribution in [0.5, 0.6) is 0 Å². The summed E-state index contributed by atoms with van der Waals surface area (Å²) in [6.07, 6.45) is 10.5. The summed E-state index contributed by atoms with van der Waals surface area (Å²) in [5, 5.41) is 16.8. The van der Waals surface area contributed by atoms with Gasteiger partial charge in [0.15, 0.2) is 11.9 Å². The van der Waals surface area contributed by atoms with E-state index in [-0.39, 0.29) is 86.3 Å². The lowest BCUT2D eigenvalue weighted by Crippen LogP contribution is -2.27. The van der Waals surface area contributed by atoms with E-state index >= 15 is 0 Å². The van der Waals surface area contributed by atoms with Gasteiger partial charge in [-0.2, -0.15) is 0 Å². The van der Waals surface area contributed by atoms with Crippen molar-refractivity contribution in [3.8, 4) is 0 Å². The SMILES string of the molecule is O=C1C=CC2CO[C@@H]1O2.O=C1C=C[C@@H](CO)O1.O=C1CCC2CO[C@@H]1O2.O=C1CC[C@@H](CO)O1.O=COC[C@@H]1C=CC(=O)O1.O=COC[C@@H]1CCC(=O)O1. The lowest BCUT2D eigenvalue weighted by atomic mass is 10.1. The highest BCUT2D eigenvalue weighted by atomic mass is 16.7. The van der Waals surface area contributed by atoms with Crippen molar-refractivity contribution in [1.29, 1.82) is 0 Å². The van der Waals surface area contributed by atoms with Gasteiger partial charge in [0.25, 0.3) is 12.9 Å². The molecular weight excluding hydrogens is 728 g/mol. The van der Waals surface area contributed by atoms with Gasteiger partial charge in [0.1, 0.15) is 37.6 Å². The quantitative estimate of drug-likeness (QED) is 0.163. The van der Waals surface area contributed by atoms with Gasteiger partial charge in [0.2, 0.25) is 18.4 Å². The molecule has 8 atom stereocenters. The normalized spacial score (nSPS) is 30.2. The van der Waals surface area contributed by atoms with Crippen LogP contribution in [-0.2, 0) is 85.7 Å². The van der Waals surface area contributed by atoms with Crippen LogP contribution in [0.4, 0.5) is 0 Å². The third kappa shape index (κ3) is 16.0. The molecule has 5 fully saturated rings. The minimum absolute atomic E-state index is 0.0210. The van der Waals surface area contributed by atoms with Crippen molar-refractivity contribution in [2.45, 2.75) is 87.7 Å². The lowest BCUT2D eigenvalue weighted by molar-refractivity contribution is -0.152. The van der Waals surface area contributed by atoms with Gasteiger partial charge in [-0.15, -0.1) is 0 Å². The fourth-order valence-corrected chi connectivity index (χ4v) is 4.85. The molecule has 0 aromatic heterocycles. The monoisotopic (exact) mass is 770 g/mol. The van der Waals surface area contributed by atoms with E-state index in [0.29, 0.717) is 58.3 Å². The molecule has 0 aromatic carbocycles. The van der Waals surface area contributed by atoms with Crippen LogP contribution < -0.4 is 0 Å². The number of cyclic esters (lactones) is 4. The largest absolute Gasteiger partial charge is 0.464 e. The first-order chi connectivity index (χ1) is 26.0. The topological polar surface area (TPSA) is 269 Å². The second-order valence-electron chi connectivity index (χ2n) is 11.7. The summed E-state index contributed by atoms with van der Waals surface area (Å²) < 4.78 is 47.4. The number of esters is 4. The average molecular weight is 771 g/mol. The Morgan fingerprint density at radius 1 is 0.630 bits per heavy atom. The number of ketones is 2. The molecule has 8 heterocycles. The summed E-state index contributed by atoms with van der Waals surface area (Å²) in [5.74, 6) is -1.14. The lowest BCUT2D eigenvalue weighted by Gasteiger charge is -2.15. The molecule has 0 aromatic rings. The highest BCUT2D eigenvalue weighted by Gasteiger charge is 2.36. The number of aliphatic hydroxyl groups is 2. The molecule has 8 aliphatic heterocycles. The average Bonchev–Trinajstić information content (AvgIpc) is 4.04. The molecule has 4 bridgehead atoms. The Morgan fingerprint density at radius 3 is 1.72 bits per heavy atom. The zero-order valence-corrected chi connectivity index (χ0v) is 29.0. The molecule has 8 aliphatic rings. The summed E-state index contributed by atoms with van der Waals surface area (Å²) >= 11 is 0. The van der Waals surface area contributed by atoms with E-state index in [1.54, 1.807) is 12.2 Å². The van der Waals surface area contributed by atoms with Crippen LogP contribution in [0, 0.1) is 0 Å². The minimum Gasteiger partial charge on any atom is -0.464 e. The van der Waals surface area contributed by atoms with E-state index in [2.05, 4.69) is 23.7 Å². The van der Waals surface area contributed by atoms with E-state index in [9.17, 15) is 38.4 Å². The first-order valence-electron chi connectivity index (χ1n) is 16.8. The number of aliphatic hydroxyl groups excluding tert-OH is 2. The molecule has 0 radical (unpaired) electrons. The van der Waals surface area contributed by atoms with Crippen molar-refractivity contribution >= 4 is 48.4 Å². The van der Waals surface area contributed by atoms with Crippen molar-refractivity contribution in [3.05, 3.63) is 36.5 Å². The summed E-state index contributed by atoms with van der Waals surface area (Å²) in [4.78, 5) is 82.1. The molecule has 0 aliphatic carbocycles. The number of carbonyl (C=O) groups is 8. The van der Waals surface area contributed by atoms with Gasteiger partial charge in [-0.1, -0.05) is 0 Å². The second-order valence-corrected chi connectivity index (χ2v) is 11.7. The number of fused-ring (bicyclic) bond motifs is 4. The molecule has 20 nitrogen and oxygen atoms in total. The van der Waals surface area contributed by atoms with Crippen molar-refractivity contribution in [1.82, 2.24) is 0 Å². The van der Waals surface area contributed by atoms with Crippen molar-refractivity contribution < 1.29 is 95.9 Å². The molecule has 20 heteroatoms. The standard InChI is InChI=1S/C6H8O4.C6H6O4.C6H8O3.C6H6O3.C5H8O3.C5H6O3/c2*7-4-9-3-5-1-2-6(8)10-5;2*7-5-2-1-4-3-8-6(5)9-4;2*6-3-4-1-2-5(7)8-4/h4-5H,1-3H2;1-2,4-5H,3H2;4,6H,1-3H2;1-2,4,6H,3H2;4,6H,1-3H2;1-2,4,6H,3H2/t2*5-;2*4?,6-;2*4-/m001100/s1. The Labute approximate surface area is 308 Å². The number of rotatable bonds is 8. The summed E-state index contributed by atoms with van der Waals surface area (Å²) in [6.45, 7) is 1.93. The van der Waals surface area contributed by atoms with Crippen LogP contribution in [0.2, 0.25) is 0 Å². The van der Waals surface area contributed by atoms with E-state index in [1.807, 2.05) is 0 Å². The number of Topliss-reactive ketones (excluding diaryl/α,β-unsaturated/α-hetero) is 1. The predicted octanol–water partition coefficient (Wildman–Crippen LogP) is -1.39. The zero-order valence-electron chi connectivity index (χ0n) is 29.0. The molecule has 5 saturated heterocycles. The smallest absolute Gasteiger partial charge is 0.331 e. The maximum atomic E-state index is 10.8. The number of hydrogen-bond acceptors (Lipinski definition) is 20. The molecule has 0 amide bonds. The van der Waals surface area contributed by atoms with Gasteiger partial charge >= 0.3 is 23.9 Å². The summed E-state index contributed by atoms with van der Waals surface area (Å²) in [7, 11) is 0. The fourth-order valence-electron chi connectivity index (χ4n) is 4.85. The summed E-state index contributed by atoms with van der Waals surface area (Å²) in [6, 6.07) is 0. The van der Waals surface area contributed by atoms with Gasteiger partial charge in [0, 0.05) is 31.4 Å². The van der Waals surface area contributed by atoms with Crippen LogP contribution >= 0.6 is 0 Å². The third-order valence-corrected chi connectivity index (χ3v) is 7.57. The van der Waals surface area contributed by atoms with E-state index in [0.717, 1.165) is 6.42 Å². The Morgan fingerprint density at radius 2 is 1.24 bits per heavy atom. The molecular formula is C34H42O20. The highest BCUT2D eigenvalue weighted by Crippen LogP contribution is 2.23. The van der Waals surface area contributed by atoms with Crippen molar-refractivity contribution in [2.75, 3.05) is 39.6 Å². The zero-order chi connectivity index (χ0) is 39.3. The van der Waals surface area contributed by atoms with E-state index in [1.165, 1.54) is 24.3 Å². The fraction of sp³-hybridized carbons (Fsp3) is 0.588. The highest BCUT2D eigenvalue weighted by molar-refractivity contribution is 5.93. The maximum absolute atomic E-state index is 10.8. The van der Waals surface area contributed by atoms with Gasteiger partial charge in [-0.05, 0) is 43.6 Å². The Kier molecular flexibility index (Phi) is 19.1. The maximum Gasteiger partial charge on any atom is 0.331 e. The third-order valence-electron chi connectivity index (χ3n) is 7.57. The van der Waals surface area contributed by atoms with Crippen LogP contribution in [0.25, 0.3) is 0 Å². The van der Waals surface area contributed by atoms with Gasteiger partial charge < -0.3 is 57.6 Å². The van der Waals surface area contributed by atoms with Crippen LogP contribution in [0.3, 0.4) is 0 Å². The molecule has 8 rings (SSSR count). The Balaban J connectivity index is 0.000000175. The van der Waals surface area contributed by atoms with Crippen LogP contribution in [0.15, 0.2) is 36.5 Å². The Bertz CT molecular complexity index is 1390. The molecule has 0 saturated carbocycles. The number of carbonyl (C=O) groups excluding carboxylic acids is 8. The second kappa shape index (κ2) is 23.7. The molecule has 0 spiro atoms. The van der Waals surface area contributed by atoms with Gasteiger partial charge in [-0.3, -0.25) is 28.8 Å². The van der Waals surface area contributed by atoms with Gasteiger partial charge in [-0.25, -0.2) is 9.59 Å².